The summed E-state index contributed by atoms with van der Waals surface area (Å²) < 4.78 is 37.7. The van der Waals surface area contributed by atoms with Crippen molar-refractivity contribution in [1.29, 1.82) is 0 Å². The highest BCUT2D eigenvalue weighted by Gasteiger charge is 2.45. The van der Waals surface area contributed by atoms with Gasteiger partial charge >= 0.3 is 18.2 Å². The highest BCUT2D eigenvalue weighted by Crippen LogP contribution is 2.33. The van der Waals surface area contributed by atoms with Crippen molar-refractivity contribution in [3.8, 4) is 0 Å². The van der Waals surface area contributed by atoms with E-state index in [2.05, 4.69) is 9.80 Å². The molecule has 0 unspecified atom stereocenters. The molecule has 1 aliphatic carbocycles. The number of likely N-dealkylation sites (tertiary alicyclic amines) is 1. The third-order valence-corrected chi connectivity index (χ3v) is 5.85. The van der Waals surface area contributed by atoms with E-state index in [0.29, 0.717) is 18.9 Å². The average molecular weight is 378 g/mol. The predicted molar refractivity (Wildman–Crippen MR) is 86.8 cm³/mol. The zero-order valence-corrected chi connectivity index (χ0v) is 14.6. The molecule has 3 aliphatic rings. The summed E-state index contributed by atoms with van der Waals surface area (Å²) in [4.78, 5) is 28.3. The number of piperazine rings is 1. The molecule has 3 rings (SSSR count). The molecule has 2 amide bonds. The van der Waals surface area contributed by atoms with Gasteiger partial charge in [0.1, 0.15) is 0 Å². The second-order valence-corrected chi connectivity index (χ2v) is 7.43. The number of halogens is 3. The van der Waals surface area contributed by atoms with Crippen LogP contribution in [0, 0.1) is 0 Å². The van der Waals surface area contributed by atoms with Gasteiger partial charge in [-0.3, -0.25) is 14.6 Å². The van der Waals surface area contributed by atoms with Crippen LogP contribution in [0.15, 0.2) is 0 Å². The van der Waals surface area contributed by atoms with Crippen molar-refractivity contribution in [3.05, 3.63) is 0 Å². The first kappa shape index (κ1) is 19.2. The van der Waals surface area contributed by atoms with Crippen LogP contribution in [0.3, 0.4) is 0 Å². The SMILES string of the molecule is O=C(O)N1CCC(CNC(=O)C(F)(F)F)(N2CCN(C3CC3)CC2)CC1. The topological polar surface area (TPSA) is 76.1 Å². The molecule has 10 heteroatoms. The van der Waals surface area contributed by atoms with E-state index < -0.39 is 23.7 Å². The molecular weight excluding hydrogens is 353 g/mol. The van der Waals surface area contributed by atoms with Crippen molar-refractivity contribution < 1.29 is 27.9 Å². The summed E-state index contributed by atoms with van der Waals surface area (Å²) in [5, 5.41) is 11.2. The Labute approximate surface area is 150 Å². The second kappa shape index (κ2) is 7.22. The maximum absolute atomic E-state index is 12.6. The highest BCUT2D eigenvalue weighted by atomic mass is 19.4. The van der Waals surface area contributed by atoms with Crippen LogP contribution in [0.5, 0.6) is 0 Å². The molecule has 0 aromatic carbocycles. The molecule has 3 fully saturated rings. The molecule has 0 bridgehead atoms. The van der Waals surface area contributed by atoms with E-state index in [9.17, 15) is 22.8 Å². The minimum Gasteiger partial charge on any atom is -0.465 e. The smallest absolute Gasteiger partial charge is 0.465 e. The molecule has 0 atom stereocenters. The quantitative estimate of drug-likeness (QED) is 0.762. The van der Waals surface area contributed by atoms with Crippen molar-refractivity contribution >= 4 is 12.0 Å². The number of carbonyl (C=O) groups excluding carboxylic acids is 1. The summed E-state index contributed by atoms with van der Waals surface area (Å²) in [6.07, 6.45) is -2.67. The lowest BCUT2D eigenvalue weighted by Gasteiger charge is -2.51. The third-order valence-electron chi connectivity index (χ3n) is 5.85. The zero-order chi connectivity index (χ0) is 18.9. The molecule has 7 nitrogen and oxygen atoms in total. The van der Waals surface area contributed by atoms with Gasteiger partial charge in [0.25, 0.3) is 0 Å². The van der Waals surface area contributed by atoms with Gasteiger partial charge in [0.05, 0.1) is 0 Å². The van der Waals surface area contributed by atoms with E-state index >= 15 is 0 Å². The van der Waals surface area contributed by atoms with Gasteiger partial charge in [-0.05, 0) is 25.7 Å². The lowest BCUT2D eigenvalue weighted by molar-refractivity contribution is -0.174. The Morgan fingerprint density at radius 2 is 1.62 bits per heavy atom. The molecule has 2 saturated heterocycles. The van der Waals surface area contributed by atoms with Crippen molar-refractivity contribution in [2.24, 2.45) is 0 Å². The minimum absolute atomic E-state index is 0.109. The van der Waals surface area contributed by atoms with Crippen LogP contribution >= 0.6 is 0 Å². The largest absolute Gasteiger partial charge is 0.471 e. The maximum atomic E-state index is 12.6. The summed E-state index contributed by atoms with van der Waals surface area (Å²) in [6.45, 7) is 3.60. The zero-order valence-electron chi connectivity index (χ0n) is 14.6. The molecule has 0 aromatic rings. The summed E-state index contributed by atoms with van der Waals surface area (Å²) in [5.74, 6) is -1.94. The van der Waals surface area contributed by atoms with Crippen LogP contribution in [-0.4, -0.2) is 95.4 Å². The number of carbonyl (C=O) groups is 2. The first-order chi connectivity index (χ1) is 12.2. The predicted octanol–water partition coefficient (Wildman–Crippen LogP) is 0.957. The molecule has 148 valence electrons. The Hall–Kier alpha value is -1.55. The van der Waals surface area contributed by atoms with Gasteiger partial charge in [-0.2, -0.15) is 13.2 Å². The third kappa shape index (κ3) is 4.22. The van der Waals surface area contributed by atoms with E-state index in [4.69, 9.17) is 5.11 Å². The van der Waals surface area contributed by atoms with E-state index in [-0.39, 0.29) is 19.6 Å². The Bertz CT molecular complexity index is 537. The fraction of sp³-hybridized carbons (Fsp3) is 0.875. The van der Waals surface area contributed by atoms with Gasteiger partial charge in [0, 0.05) is 57.4 Å². The number of carboxylic acid groups (broad SMARTS) is 1. The first-order valence-corrected chi connectivity index (χ1v) is 9.03. The Balaban J connectivity index is 1.65. The van der Waals surface area contributed by atoms with Crippen LogP contribution in [0.2, 0.25) is 0 Å². The monoisotopic (exact) mass is 378 g/mol. The number of hydrogen-bond donors (Lipinski definition) is 2. The lowest BCUT2D eigenvalue weighted by atomic mass is 9.84. The molecular formula is C16H25F3N4O3. The summed E-state index contributed by atoms with van der Waals surface area (Å²) in [5.41, 5.74) is -0.623. The van der Waals surface area contributed by atoms with Gasteiger partial charge < -0.3 is 15.3 Å². The van der Waals surface area contributed by atoms with Gasteiger partial charge in [-0.1, -0.05) is 0 Å². The number of hydrogen-bond acceptors (Lipinski definition) is 4. The maximum Gasteiger partial charge on any atom is 0.471 e. The number of amides is 2. The number of nitrogens with one attached hydrogen (secondary N) is 1. The van der Waals surface area contributed by atoms with Crippen molar-refractivity contribution in [1.82, 2.24) is 20.0 Å². The molecule has 2 heterocycles. The fourth-order valence-electron chi connectivity index (χ4n) is 4.07. The van der Waals surface area contributed by atoms with Gasteiger partial charge in [0.15, 0.2) is 0 Å². The lowest BCUT2D eigenvalue weighted by Crippen LogP contribution is -2.65. The van der Waals surface area contributed by atoms with Crippen LogP contribution in [0.1, 0.15) is 25.7 Å². The van der Waals surface area contributed by atoms with Gasteiger partial charge in [-0.15, -0.1) is 0 Å². The molecule has 0 spiro atoms. The molecule has 2 N–H and O–H groups in total. The second-order valence-electron chi connectivity index (χ2n) is 7.43. The number of nitrogens with zero attached hydrogens (tertiary/aromatic N) is 3. The summed E-state index contributed by atoms with van der Waals surface area (Å²) >= 11 is 0. The van der Waals surface area contributed by atoms with E-state index in [0.717, 1.165) is 26.2 Å². The minimum atomic E-state index is -4.91. The average Bonchev–Trinajstić information content (AvgIpc) is 3.44. The molecule has 2 aliphatic heterocycles. The Kier molecular flexibility index (Phi) is 5.34. The molecule has 0 aromatic heterocycles. The number of alkyl halides is 3. The van der Waals surface area contributed by atoms with Crippen LogP contribution < -0.4 is 5.32 Å². The normalized spacial score (nSPS) is 25.1. The van der Waals surface area contributed by atoms with Crippen LogP contribution in [0.4, 0.5) is 18.0 Å². The molecule has 0 radical (unpaired) electrons. The highest BCUT2D eigenvalue weighted by molar-refractivity contribution is 5.81. The Morgan fingerprint density at radius 3 is 2.08 bits per heavy atom. The van der Waals surface area contributed by atoms with Gasteiger partial charge in [-0.25, -0.2) is 4.79 Å². The van der Waals surface area contributed by atoms with E-state index in [1.165, 1.54) is 17.7 Å². The van der Waals surface area contributed by atoms with Crippen molar-refractivity contribution in [2.75, 3.05) is 45.8 Å². The molecule has 1 saturated carbocycles. The standard InChI is InChI=1S/C16H25F3N4O3/c17-16(18,19)13(24)20-11-15(3-5-22(6-4-15)14(25)26)23-9-7-21(8-10-23)12-1-2-12/h12H,1-11H2,(H,20,24)(H,25,26). The Morgan fingerprint density at radius 1 is 1.04 bits per heavy atom. The first-order valence-electron chi connectivity index (χ1n) is 9.03. The van der Waals surface area contributed by atoms with Crippen molar-refractivity contribution in [2.45, 2.75) is 43.4 Å². The summed E-state index contributed by atoms with van der Waals surface area (Å²) in [6, 6.07) is 0.645. The fourth-order valence-corrected chi connectivity index (χ4v) is 4.07. The number of piperidine rings is 1. The summed E-state index contributed by atoms with van der Waals surface area (Å²) in [7, 11) is 0. The van der Waals surface area contributed by atoms with Crippen molar-refractivity contribution in [3.63, 3.8) is 0 Å². The van der Waals surface area contributed by atoms with Crippen LogP contribution in [0.25, 0.3) is 0 Å². The van der Waals surface area contributed by atoms with E-state index in [1.807, 2.05) is 5.32 Å². The van der Waals surface area contributed by atoms with Crippen LogP contribution in [-0.2, 0) is 4.79 Å². The number of rotatable bonds is 4. The van der Waals surface area contributed by atoms with Gasteiger partial charge in [0.2, 0.25) is 0 Å². The van der Waals surface area contributed by atoms with E-state index in [1.54, 1.807) is 0 Å². The molecule has 26 heavy (non-hydrogen) atoms.